The van der Waals surface area contributed by atoms with Gasteiger partial charge >= 0.3 is 0 Å². The van der Waals surface area contributed by atoms with E-state index >= 15 is 0 Å². The quantitative estimate of drug-likeness (QED) is 0.456. The third-order valence-electron chi connectivity index (χ3n) is 5.85. The van der Waals surface area contributed by atoms with E-state index < -0.39 is 15.1 Å². The van der Waals surface area contributed by atoms with Crippen molar-refractivity contribution in [3.8, 4) is 5.75 Å². The number of halogens is 1. The van der Waals surface area contributed by atoms with Crippen LogP contribution in [0.2, 0.25) is 5.02 Å². The van der Waals surface area contributed by atoms with Gasteiger partial charge in [0.1, 0.15) is 12.4 Å². The van der Waals surface area contributed by atoms with E-state index in [-0.39, 0.29) is 17.3 Å². The second-order valence-corrected chi connectivity index (χ2v) is 10.8. The molecular formula is C26H26ClNO4S. The van der Waals surface area contributed by atoms with Gasteiger partial charge < -0.3 is 9.64 Å². The van der Waals surface area contributed by atoms with Gasteiger partial charge in [0.05, 0.1) is 10.1 Å². The van der Waals surface area contributed by atoms with Gasteiger partial charge in [0.2, 0.25) is 5.91 Å². The number of ether oxygens (including phenoxy) is 1. The molecule has 0 aromatic heterocycles. The number of benzene rings is 3. The number of nitrogens with zero attached hydrogens (tertiary/aromatic N) is 1. The zero-order chi connectivity index (χ0) is 23.3. The highest BCUT2D eigenvalue weighted by molar-refractivity contribution is 7.92. The first kappa shape index (κ1) is 23.3. The molecule has 0 bridgehead atoms. The van der Waals surface area contributed by atoms with Gasteiger partial charge in [-0.3, -0.25) is 4.79 Å². The normalized spacial score (nSPS) is 16.0. The lowest BCUT2D eigenvalue weighted by Crippen LogP contribution is -2.32. The first-order valence-electron chi connectivity index (χ1n) is 10.9. The third-order valence-corrected chi connectivity index (χ3v) is 8.30. The van der Waals surface area contributed by atoms with E-state index in [1.165, 1.54) is 12.1 Å². The highest BCUT2D eigenvalue weighted by Gasteiger charge is 2.35. The number of likely N-dealkylation sites (tertiary alicyclic amines) is 1. The van der Waals surface area contributed by atoms with Crippen LogP contribution in [-0.4, -0.2) is 37.6 Å². The molecular weight excluding hydrogens is 458 g/mol. The largest absolute Gasteiger partial charge is 0.489 e. The van der Waals surface area contributed by atoms with Crippen molar-refractivity contribution in [2.75, 3.05) is 13.1 Å². The summed E-state index contributed by atoms with van der Waals surface area (Å²) in [6.45, 7) is 1.17. The van der Waals surface area contributed by atoms with Crippen molar-refractivity contribution in [3.63, 3.8) is 0 Å². The lowest BCUT2D eigenvalue weighted by atomic mass is 10.1. The number of amides is 1. The number of hydrogen-bond donors (Lipinski definition) is 0. The van der Waals surface area contributed by atoms with E-state index in [0.717, 1.165) is 16.9 Å². The van der Waals surface area contributed by atoms with Gasteiger partial charge in [-0.25, -0.2) is 8.42 Å². The van der Waals surface area contributed by atoms with E-state index in [0.29, 0.717) is 37.4 Å². The number of carbonyl (C=O) groups excluding carboxylic acids is 1. The van der Waals surface area contributed by atoms with Crippen molar-refractivity contribution in [2.45, 2.75) is 36.0 Å². The summed E-state index contributed by atoms with van der Waals surface area (Å²) in [5, 5.41) is -0.0935. The summed E-state index contributed by atoms with van der Waals surface area (Å²) in [7, 11) is -3.49. The fourth-order valence-electron chi connectivity index (χ4n) is 3.97. The summed E-state index contributed by atoms with van der Waals surface area (Å²) < 4.78 is 31.7. The first-order valence-corrected chi connectivity index (χ1v) is 12.9. The van der Waals surface area contributed by atoms with Crippen LogP contribution in [-0.2, 0) is 27.7 Å². The molecule has 3 aromatic carbocycles. The minimum absolute atomic E-state index is 0.0283. The van der Waals surface area contributed by atoms with Crippen LogP contribution in [0.5, 0.6) is 5.75 Å². The molecule has 0 radical (unpaired) electrons. The Morgan fingerprint density at radius 3 is 2.45 bits per heavy atom. The molecule has 1 heterocycles. The van der Waals surface area contributed by atoms with Gasteiger partial charge in [-0.15, -0.1) is 0 Å². The zero-order valence-electron chi connectivity index (χ0n) is 18.2. The summed E-state index contributed by atoms with van der Waals surface area (Å²) in [5.41, 5.74) is 2.11. The maximum atomic E-state index is 12.9. The van der Waals surface area contributed by atoms with E-state index in [4.69, 9.17) is 16.3 Å². The molecule has 33 heavy (non-hydrogen) atoms. The Hall–Kier alpha value is -2.83. The smallest absolute Gasteiger partial charge is 0.222 e. The number of carbonyl (C=O) groups is 1. The standard InChI is InChI=1S/C26H26ClNO4S/c27-22-10-12-24(13-11-22)33(30,31)25-15-16-28(18-25)26(29)14-9-20-7-4-8-23(17-20)32-19-21-5-2-1-3-6-21/h1-8,10-13,17,25H,9,14-16,18-19H2. The van der Waals surface area contributed by atoms with Crippen LogP contribution in [0.3, 0.4) is 0 Å². The average molecular weight is 484 g/mol. The van der Waals surface area contributed by atoms with Crippen LogP contribution in [0, 0.1) is 0 Å². The maximum absolute atomic E-state index is 12.9. The molecule has 1 amide bonds. The summed E-state index contributed by atoms with van der Waals surface area (Å²) in [6.07, 6.45) is 1.35. The molecule has 7 heteroatoms. The molecule has 0 N–H and O–H groups in total. The lowest BCUT2D eigenvalue weighted by Gasteiger charge is -2.17. The lowest BCUT2D eigenvalue weighted by molar-refractivity contribution is -0.130. The molecule has 1 fully saturated rings. The van der Waals surface area contributed by atoms with Crippen molar-refractivity contribution < 1.29 is 17.9 Å². The van der Waals surface area contributed by atoms with Crippen LogP contribution in [0.1, 0.15) is 24.0 Å². The van der Waals surface area contributed by atoms with Crippen LogP contribution in [0.4, 0.5) is 0 Å². The molecule has 0 spiro atoms. The van der Waals surface area contributed by atoms with Crippen molar-refractivity contribution >= 4 is 27.3 Å². The monoisotopic (exact) mass is 483 g/mol. The van der Waals surface area contributed by atoms with Gasteiger partial charge in [-0.1, -0.05) is 54.1 Å². The second-order valence-electron chi connectivity index (χ2n) is 8.17. The Morgan fingerprint density at radius 2 is 1.70 bits per heavy atom. The van der Waals surface area contributed by atoms with Gasteiger partial charge in [0.15, 0.2) is 9.84 Å². The topological polar surface area (TPSA) is 63.7 Å². The second kappa shape index (κ2) is 10.4. The van der Waals surface area contributed by atoms with Gasteiger partial charge in [-0.05, 0) is 60.4 Å². The fraction of sp³-hybridized carbons (Fsp3) is 0.269. The van der Waals surface area contributed by atoms with Crippen molar-refractivity contribution in [2.24, 2.45) is 0 Å². The Kier molecular flexibility index (Phi) is 7.36. The predicted molar refractivity (Wildman–Crippen MR) is 129 cm³/mol. The Morgan fingerprint density at radius 1 is 0.970 bits per heavy atom. The predicted octanol–water partition coefficient (Wildman–Crippen LogP) is 4.93. The van der Waals surface area contributed by atoms with E-state index in [1.807, 2.05) is 54.6 Å². The average Bonchev–Trinajstić information content (AvgIpc) is 3.34. The van der Waals surface area contributed by atoms with Gasteiger partial charge in [-0.2, -0.15) is 0 Å². The summed E-state index contributed by atoms with van der Waals surface area (Å²) in [6, 6.07) is 23.9. The van der Waals surface area contributed by atoms with Crippen LogP contribution < -0.4 is 4.74 Å². The molecule has 1 saturated heterocycles. The molecule has 1 aliphatic heterocycles. The summed E-state index contributed by atoms with van der Waals surface area (Å²) >= 11 is 5.87. The number of aryl methyl sites for hydroxylation is 1. The molecule has 1 atom stereocenters. The molecule has 172 valence electrons. The molecule has 0 saturated carbocycles. The molecule has 3 aromatic rings. The van der Waals surface area contributed by atoms with Crippen molar-refractivity contribution in [1.29, 1.82) is 0 Å². The van der Waals surface area contributed by atoms with Crippen molar-refractivity contribution in [3.05, 3.63) is 95.0 Å². The van der Waals surface area contributed by atoms with E-state index in [2.05, 4.69) is 0 Å². The number of sulfone groups is 1. The molecule has 1 aliphatic rings. The van der Waals surface area contributed by atoms with E-state index in [9.17, 15) is 13.2 Å². The minimum Gasteiger partial charge on any atom is -0.489 e. The zero-order valence-corrected chi connectivity index (χ0v) is 19.8. The fourth-order valence-corrected chi connectivity index (χ4v) is 5.78. The van der Waals surface area contributed by atoms with Crippen molar-refractivity contribution in [1.82, 2.24) is 4.90 Å². The summed E-state index contributed by atoms with van der Waals surface area (Å²) in [5.74, 6) is 0.735. The van der Waals surface area contributed by atoms with Crippen LogP contribution in [0.25, 0.3) is 0 Å². The molecule has 5 nitrogen and oxygen atoms in total. The number of hydrogen-bond acceptors (Lipinski definition) is 4. The number of rotatable bonds is 8. The first-order chi connectivity index (χ1) is 15.9. The minimum atomic E-state index is -3.49. The van der Waals surface area contributed by atoms with Gasteiger partial charge in [0, 0.05) is 24.5 Å². The molecule has 4 rings (SSSR count). The summed E-state index contributed by atoms with van der Waals surface area (Å²) in [4.78, 5) is 14.7. The maximum Gasteiger partial charge on any atom is 0.222 e. The van der Waals surface area contributed by atoms with E-state index in [1.54, 1.807) is 17.0 Å². The Bertz CT molecular complexity index is 1200. The SMILES string of the molecule is O=C(CCc1cccc(OCc2ccccc2)c1)N1CCC(S(=O)(=O)c2ccc(Cl)cc2)C1. The highest BCUT2D eigenvalue weighted by Crippen LogP contribution is 2.26. The van der Waals surface area contributed by atoms with Crippen LogP contribution in [0.15, 0.2) is 83.8 Å². The third kappa shape index (κ3) is 5.95. The molecule has 0 aliphatic carbocycles. The highest BCUT2D eigenvalue weighted by atomic mass is 35.5. The Balaban J connectivity index is 1.30. The van der Waals surface area contributed by atoms with Crippen LogP contribution >= 0.6 is 11.6 Å². The Labute approximate surface area is 199 Å². The molecule has 1 unspecified atom stereocenters. The van der Waals surface area contributed by atoms with Gasteiger partial charge in [0.25, 0.3) is 0 Å².